The Morgan fingerprint density at radius 2 is 1.82 bits per heavy atom. The summed E-state index contributed by atoms with van der Waals surface area (Å²) in [5, 5.41) is 0. The first kappa shape index (κ1) is 16.7. The van der Waals surface area contributed by atoms with E-state index in [4.69, 9.17) is 4.74 Å². The van der Waals surface area contributed by atoms with Gasteiger partial charge in [0.2, 0.25) is 10.0 Å². The molecule has 3 saturated carbocycles. The van der Waals surface area contributed by atoms with Crippen LogP contribution in [0.1, 0.15) is 65.2 Å². The SMILES string of the molecule is COC1CC2CCC1(CS(=O)(=O)NC1CCCCC1)C2(C)C. The number of ether oxygens (including phenoxy) is 1. The quantitative estimate of drug-likeness (QED) is 0.843. The molecule has 1 N–H and O–H groups in total. The van der Waals surface area contributed by atoms with Crippen molar-refractivity contribution in [3.8, 4) is 0 Å². The lowest BCUT2D eigenvalue weighted by molar-refractivity contribution is -0.0179. The lowest BCUT2D eigenvalue weighted by atomic mass is 9.69. The van der Waals surface area contributed by atoms with Gasteiger partial charge in [-0.2, -0.15) is 0 Å². The molecule has 0 saturated heterocycles. The molecule has 3 aliphatic rings. The van der Waals surface area contributed by atoms with Gasteiger partial charge in [-0.1, -0.05) is 33.1 Å². The molecule has 2 bridgehead atoms. The standard InChI is InChI=1S/C17H31NO3S/c1-16(2)13-9-10-17(16,15(11-13)21-3)12-22(19,20)18-14-7-5-4-6-8-14/h13-15,18H,4-12H2,1-3H3. The van der Waals surface area contributed by atoms with Gasteiger partial charge in [-0.3, -0.25) is 0 Å². The summed E-state index contributed by atoms with van der Waals surface area (Å²) in [4.78, 5) is 0. The monoisotopic (exact) mass is 329 g/mol. The minimum atomic E-state index is -3.25. The van der Waals surface area contributed by atoms with Crippen LogP contribution in [0.25, 0.3) is 0 Å². The van der Waals surface area contributed by atoms with E-state index >= 15 is 0 Å². The van der Waals surface area contributed by atoms with Gasteiger partial charge in [0.1, 0.15) is 0 Å². The van der Waals surface area contributed by atoms with Crippen molar-refractivity contribution < 1.29 is 13.2 Å². The van der Waals surface area contributed by atoms with Crippen molar-refractivity contribution in [1.82, 2.24) is 4.72 Å². The average molecular weight is 330 g/mol. The van der Waals surface area contributed by atoms with Gasteiger partial charge >= 0.3 is 0 Å². The molecule has 3 rings (SSSR count). The maximum absolute atomic E-state index is 12.8. The second kappa shape index (κ2) is 5.75. The minimum absolute atomic E-state index is 0.0506. The molecule has 3 atom stereocenters. The molecule has 22 heavy (non-hydrogen) atoms. The Bertz CT molecular complexity index is 510. The molecule has 0 amide bonds. The zero-order valence-corrected chi connectivity index (χ0v) is 15.0. The molecule has 4 nitrogen and oxygen atoms in total. The van der Waals surface area contributed by atoms with Gasteiger partial charge in [0, 0.05) is 18.6 Å². The number of fused-ring (bicyclic) bond motifs is 2. The van der Waals surface area contributed by atoms with Crippen molar-refractivity contribution in [2.45, 2.75) is 77.4 Å². The van der Waals surface area contributed by atoms with Crippen molar-refractivity contribution in [1.29, 1.82) is 0 Å². The molecule has 128 valence electrons. The second-order valence-corrected chi connectivity index (χ2v) is 10.0. The third kappa shape index (κ3) is 2.63. The summed E-state index contributed by atoms with van der Waals surface area (Å²) in [7, 11) is -1.51. The predicted octanol–water partition coefficient (Wildman–Crippen LogP) is 3.08. The first-order valence-electron chi connectivity index (χ1n) is 8.83. The maximum Gasteiger partial charge on any atom is 0.212 e. The summed E-state index contributed by atoms with van der Waals surface area (Å²) < 4.78 is 34.4. The molecule has 0 aromatic carbocycles. The van der Waals surface area contributed by atoms with E-state index in [0.717, 1.165) is 44.9 Å². The Morgan fingerprint density at radius 3 is 2.41 bits per heavy atom. The number of methoxy groups -OCH3 is 1. The van der Waals surface area contributed by atoms with Crippen LogP contribution in [0.2, 0.25) is 0 Å². The predicted molar refractivity (Wildman–Crippen MR) is 88.1 cm³/mol. The van der Waals surface area contributed by atoms with E-state index in [1.54, 1.807) is 7.11 Å². The van der Waals surface area contributed by atoms with Crippen LogP contribution in [-0.4, -0.2) is 33.4 Å². The highest BCUT2D eigenvalue weighted by molar-refractivity contribution is 7.89. The van der Waals surface area contributed by atoms with Crippen LogP contribution in [0, 0.1) is 16.7 Å². The number of sulfonamides is 1. The molecule has 3 fully saturated rings. The zero-order valence-electron chi connectivity index (χ0n) is 14.2. The summed E-state index contributed by atoms with van der Waals surface area (Å²) in [6, 6.07) is 0.151. The molecule has 0 aliphatic heterocycles. The third-order valence-corrected chi connectivity index (χ3v) is 8.63. The van der Waals surface area contributed by atoms with Gasteiger partial charge in [-0.25, -0.2) is 13.1 Å². The highest BCUT2D eigenvalue weighted by Crippen LogP contribution is 2.66. The van der Waals surface area contributed by atoms with Crippen LogP contribution in [-0.2, 0) is 14.8 Å². The maximum atomic E-state index is 12.8. The third-order valence-electron chi connectivity index (χ3n) is 7.04. The van der Waals surface area contributed by atoms with Crippen LogP contribution in [0.4, 0.5) is 0 Å². The number of rotatable bonds is 5. The van der Waals surface area contributed by atoms with Gasteiger partial charge in [-0.05, 0) is 43.4 Å². The molecule has 0 spiro atoms. The Labute approximate surface area is 135 Å². The molecule has 0 radical (unpaired) electrons. The number of hydrogen-bond acceptors (Lipinski definition) is 3. The number of nitrogens with one attached hydrogen (secondary N) is 1. The Morgan fingerprint density at radius 1 is 1.14 bits per heavy atom. The van der Waals surface area contributed by atoms with E-state index in [0.29, 0.717) is 5.92 Å². The molecule has 3 unspecified atom stereocenters. The lowest BCUT2D eigenvalue weighted by Gasteiger charge is -2.41. The summed E-state index contributed by atoms with van der Waals surface area (Å²) in [5.74, 6) is 0.834. The fourth-order valence-electron chi connectivity index (χ4n) is 5.52. The van der Waals surface area contributed by atoms with E-state index in [2.05, 4.69) is 18.6 Å². The van der Waals surface area contributed by atoms with Crippen LogP contribution >= 0.6 is 0 Å². The summed E-state index contributed by atoms with van der Waals surface area (Å²) in [5.41, 5.74) is -0.165. The Balaban J connectivity index is 1.77. The highest BCUT2D eigenvalue weighted by atomic mass is 32.2. The van der Waals surface area contributed by atoms with E-state index in [-0.39, 0.29) is 28.7 Å². The van der Waals surface area contributed by atoms with Crippen LogP contribution in [0.15, 0.2) is 0 Å². The summed E-state index contributed by atoms with van der Waals surface area (Å²) in [6.45, 7) is 4.50. The fourth-order valence-corrected chi connectivity index (χ4v) is 7.73. The molecule has 0 aromatic rings. The van der Waals surface area contributed by atoms with E-state index in [1.165, 1.54) is 6.42 Å². The summed E-state index contributed by atoms with van der Waals surface area (Å²) >= 11 is 0. The van der Waals surface area contributed by atoms with Crippen LogP contribution in [0.5, 0.6) is 0 Å². The van der Waals surface area contributed by atoms with E-state index < -0.39 is 10.0 Å². The topological polar surface area (TPSA) is 55.4 Å². The van der Waals surface area contributed by atoms with Crippen molar-refractivity contribution in [2.24, 2.45) is 16.7 Å². The normalized spacial score (nSPS) is 38.5. The van der Waals surface area contributed by atoms with Crippen molar-refractivity contribution >= 4 is 10.0 Å². The first-order valence-corrected chi connectivity index (χ1v) is 10.5. The second-order valence-electron chi connectivity index (χ2n) is 8.29. The van der Waals surface area contributed by atoms with E-state index in [1.807, 2.05) is 0 Å². The van der Waals surface area contributed by atoms with Gasteiger partial charge in [0.15, 0.2) is 0 Å². The molecular weight excluding hydrogens is 298 g/mol. The Hall–Kier alpha value is -0.130. The van der Waals surface area contributed by atoms with Crippen molar-refractivity contribution in [3.05, 3.63) is 0 Å². The largest absolute Gasteiger partial charge is 0.381 e. The summed E-state index contributed by atoms with van der Waals surface area (Å²) in [6.07, 6.45) is 8.74. The molecular formula is C17H31NO3S. The van der Waals surface area contributed by atoms with Gasteiger partial charge in [0.05, 0.1) is 11.9 Å². The molecule has 5 heteroatoms. The molecule has 0 heterocycles. The highest BCUT2D eigenvalue weighted by Gasteiger charge is 2.65. The smallest absolute Gasteiger partial charge is 0.212 e. The lowest BCUT2D eigenvalue weighted by Crippen LogP contribution is -2.49. The average Bonchev–Trinajstić information content (AvgIpc) is 2.81. The first-order chi connectivity index (χ1) is 10.3. The Kier molecular flexibility index (Phi) is 4.37. The van der Waals surface area contributed by atoms with E-state index in [9.17, 15) is 8.42 Å². The zero-order chi connectivity index (χ0) is 16.0. The molecule has 3 aliphatic carbocycles. The van der Waals surface area contributed by atoms with Gasteiger partial charge < -0.3 is 4.74 Å². The molecule has 0 aromatic heterocycles. The van der Waals surface area contributed by atoms with Gasteiger partial charge in [0.25, 0.3) is 0 Å². The van der Waals surface area contributed by atoms with Gasteiger partial charge in [-0.15, -0.1) is 0 Å². The number of hydrogen-bond donors (Lipinski definition) is 1. The van der Waals surface area contributed by atoms with Crippen LogP contribution < -0.4 is 4.72 Å². The van der Waals surface area contributed by atoms with Crippen molar-refractivity contribution in [2.75, 3.05) is 12.9 Å². The van der Waals surface area contributed by atoms with Crippen molar-refractivity contribution in [3.63, 3.8) is 0 Å². The van der Waals surface area contributed by atoms with Crippen LogP contribution in [0.3, 0.4) is 0 Å². The fraction of sp³-hybridized carbons (Fsp3) is 1.00. The minimum Gasteiger partial charge on any atom is -0.381 e.